The Labute approximate surface area is 115 Å². The number of alkyl halides is 2. The second kappa shape index (κ2) is 5.10. The largest absolute Gasteiger partial charge is 0.488 e. The molecule has 108 valence electrons. The molecule has 0 aromatic heterocycles. The molecule has 0 spiro atoms. The third-order valence-corrected chi connectivity index (χ3v) is 2.82. The van der Waals surface area contributed by atoms with Gasteiger partial charge in [0.05, 0.1) is 5.56 Å². The van der Waals surface area contributed by atoms with Crippen LogP contribution in [0.2, 0.25) is 0 Å². The molecule has 0 N–H and O–H groups in total. The lowest BCUT2D eigenvalue weighted by Gasteiger charge is -2.27. The van der Waals surface area contributed by atoms with Crippen LogP contribution in [0.15, 0.2) is 12.1 Å². The summed E-state index contributed by atoms with van der Waals surface area (Å²) >= 11 is 0. The number of halogens is 2. The number of hydrogen-bond donors (Lipinski definition) is 0. The number of benzene rings is 1. The first-order valence-corrected chi connectivity index (χ1v) is 6.54. The van der Waals surface area contributed by atoms with Crippen molar-refractivity contribution in [3.8, 4) is 5.75 Å². The van der Waals surface area contributed by atoms with E-state index < -0.39 is 12.0 Å². The van der Waals surface area contributed by atoms with Crippen molar-refractivity contribution in [1.82, 2.24) is 0 Å². The molecular formula is C16H24F2O. The van der Waals surface area contributed by atoms with Crippen molar-refractivity contribution in [3.05, 3.63) is 28.8 Å². The Bertz CT molecular complexity index is 451. The Morgan fingerprint density at radius 1 is 1.00 bits per heavy atom. The highest BCUT2D eigenvalue weighted by Gasteiger charge is 2.24. The van der Waals surface area contributed by atoms with Crippen molar-refractivity contribution >= 4 is 0 Å². The monoisotopic (exact) mass is 270 g/mol. The lowest BCUT2D eigenvalue weighted by molar-refractivity contribution is 0.109. The highest BCUT2D eigenvalue weighted by molar-refractivity contribution is 5.45. The molecule has 0 saturated carbocycles. The van der Waals surface area contributed by atoms with Gasteiger partial charge in [-0.3, -0.25) is 0 Å². The first-order valence-electron chi connectivity index (χ1n) is 6.54. The topological polar surface area (TPSA) is 9.23 Å². The highest BCUT2D eigenvalue weighted by atomic mass is 19.3. The molecule has 0 unspecified atom stereocenters. The number of hydrogen-bond acceptors (Lipinski definition) is 1. The number of rotatable bonds is 2. The third kappa shape index (κ3) is 4.19. The lowest BCUT2D eigenvalue weighted by Crippen LogP contribution is -2.24. The Hall–Kier alpha value is -1.12. The maximum Gasteiger partial charge on any atom is 0.267 e. The minimum Gasteiger partial charge on any atom is -0.488 e. The molecule has 0 amide bonds. The van der Waals surface area contributed by atoms with Gasteiger partial charge in [0.15, 0.2) is 0 Å². The molecule has 3 heteroatoms. The summed E-state index contributed by atoms with van der Waals surface area (Å²) in [4.78, 5) is 0. The lowest BCUT2D eigenvalue weighted by atomic mass is 9.83. The molecule has 19 heavy (non-hydrogen) atoms. The van der Waals surface area contributed by atoms with Crippen LogP contribution in [0.1, 0.15) is 64.7 Å². The van der Waals surface area contributed by atoms with Crippen LogP contribution < -0.4 is 4.74 Å². The molecule has 1 nitrogen and oxygen atoms in total. The van der Waals surface area contributed by atoms with Gasteiger partial charge in [0, 0.05) is 0 Å². The normalized spacial score (nSPS) is 12.9. The van der Waals surface area contributed by atoms with E-state index in [0.29, 0.717) is 0 Å². The van der Waals surface area contributed by atoms with Gasteiger partial charge in [0.2, 0.25) is 0 Å². The van der Waals surface area contributed by atoms with Gasteiger partial charge in [-0.15, -0.1) is 0 Å². The SMILES string of the molecule is Cc1cc(OC(C)(C)C)c(C(F)F)cc1C(C)(C)C. The van der Waals surface area contributed by atoms with Crippen molar-refractivity contribution in [3.63, 3.8) is 0 Å². The van der Waals surface area contributed by atoms with Gasteiger partial charge in [-0.25, -0.2) is 8.78 Å². The van der Waals surface area contributed by atoms with Gasteiger partial charge in [0.25, 0.3) is 6.43 Å². The average Bonchev–Trinajstić information content (AvgIpc) is 2.11. The summed E-state index contributed by atoms with van der Waals surface area (Å²) in [6.45, 7) is 13.6. The van der Waals surface area contributed by atoms with Crippen LogP contribution in [0, 0.1) is 6.92 Å². The zero-order chi connectivity index (χ0) is 15.0. The van der Waals surface area contributed by atoms with Crippen LogP contribution in [-0.2, 0) is 5.41 Å². The van der Waals surface area contributed by atoms with Gasteiger partial charge in [0.1, 0.15) is 11.4 Å². The molecule has 0 saturated heterocycles. The van der Waals surface area contributed by atoms with Crippen molar-refractivity contribution in [2.75, 3.05) is 0 Å². The van der Waals surface area contributed by atoms with Crippen LogP contribution in [0.25, 0.3) is 0 Å². The summed E-state index contributed by atoms with van der Waals surface area (Å²) in [6.07, 6.45) is -2.53. The second-order valence-electron chi connectivity index (χ2n) is 6.97. The Morgan fingerprint density at radius 2 is 1.53 bits per heavy atom. The van der Waals surface area contributed by atoms with E-state index in [4.69, 9.17) is 4.74 Å². The van der Waals surface area contributed by atoms with E-state index in [1.807, 2.05) is 48.5 Å². The summed E-state index contributed by atoms with van der Waals surface area (Å²) in [7, 11) is 0. The van der Waals surface area contributed by atoms with Gasteiger partial charge >= 0.3 is 0 Å². The quantitative estimate of drug-likeness (QED) is 0.698. The number of ether oxygens (including phenoxy) is 1. The molecule has 0 fully saturated rings. The molecule has 0 bridgehead atoms. The van der Waals surface area contributed by atoms with Crippen LogP contribution >= 0.6 is 0 Å². The Balaban J connectivity index is 3.38. The molecule has 0 atom stereocenters. The first kappa shape index (κ1) is 15.9. The van der Waals surface area contributed by atoms with Crippen molar-refractivity contribution in [2.45, 2.75) is 65.9 Å². The Kier molecular flexibility index (Phi) is 4.28. The zero-order valence-electron chi connectivity index (χ0n) is 12.9. The second-order valence-corrected chi connectivity index (χ2v) is 6.97. The van der Waals surface area contributed by atoms with Crippen LogP contribution in [0.4, 0.5) is 8.78 Å². The molecule has 0 aliphatic carbocycles. The van der Waals surface area contributed by atoms with Crippen LogP contribution in [0.5, 0.6) is 5.75 Å². The standard InChI is InChI=1S/C16H24F2O/c1-10-8-13(19-16(5,6)7)11(14(17)18)9-12(10)15(2,3)4/h8-9,14H,1-7H3. The maximum atomic E-state index is 13.2. The molecular weight excluding hydrogens is 246 g/mol. The fourth-order valence-electron chi connectivity index (χ4n) is 2.09. The van der Waals surface area contributed by atoms with E-state index in [1.165, 1.54) is 0 Å². The highest BCUT2D eigenvalue weighted by Crippen LogP contribution is 2.37. The fraction of sp³-hybridized carbons (Fsp3) is 0.625. The minimum absolute atomic E-state index is 0.0227. The summed E-state index contributed by atoms with van der Waals surface area (Å²) in [6, 6.07) is 3.31. The zero-order valence-corrected chi connectivity index (χ0v) is 12.9. The predicted octanol–water partition coefficient (Wildman–Crippen LogP) is 5.41. The van der Waals surface area contributed by atoms with Gasteiger partial charge < -0.3 is 4.74 Å². The van der Waals surface area contributed by atoms with E-state index in [1.54, 1.807) is 12.1 Å². The Morgan fingerprint density at radius 3 is 1.89 bits per heavy atom. The third-order valence-electron chi connectivity index (χ3n) is 2.82. The summed E-state index contributed by atoms with van der Waals surface area (Å²) in [5, 5.41) is 0. The van der Waals surface area contributed by atoms with Crippen LogP contribution in [-0.4, -0.2) is 5.60 Å². The predicted molar refractivity (Wildman–Crippen MR) is 75.2 cm³/mol. The molecule has 1 aromatic carbocycles. The molecule has 0 heterocycles. The summed E-state index contributed by atoms with van der Waals surface area (Å²) in [5.74, 6) is 0.285. The van der Waals surface area contributed by atoms with Gasteiger partial charge in [-0.2, -0.15) is 0 Å². The number of aryl methyl sites for hydroxylation is 1. The van der Waals surface area contributed by atoms with Crippen molar-refractivity contribution in [2.24, 2.45) is 0 Å². The van der Waals surface area contributed by atoms with Crippen LogP contribution in [0.3, 0.4) is 0 Å². The van der Waals surface area contributed by atoms with E-state index in [-0.39, 0.29) is 16.7 Å². The van der Waals surface area contributed by atoms with E-state index in [0.717, 1.165) is 11.1 Å². The minimum atomic E-state index is -2.53. The van der Waals surface area contributed by atoms with E-state index in [9.17, 15) is 8.78 Å². The smallest absolute Gasteiger partial charge is 0.267 e. The maximum absolute atomic E-state index is 13.2. The van der Waals surface area contributed by atoms with E-state index >= 15 is 0 Å². The molecule has 1 rings (SSSR count). The van der Waals surface area contributed by atoms with Crippen molar-refractivity contribution in [1.29, 1.82) is 0 Å². The fourth-order valence-corrected chi connectivity index (χ4v) is 2.09. The van der Waals surface area contributed by atoms with Crippen molar-refractivity contribution < 1.29 is 13.5 Å². The average molecular weight is 270 g/mol. The van der Waals surface area contributed by atoms with Gasteiger partial charge in [-0.1, -0.05) is 20.8 Å². The first-order chi connectivity index (χ1) is 8.42. The summed E-state index contributed by atoms with van der Waals surface area (Å²) in [5.41, 5.74) is 1.25. The molecule has 1 aromatic rings. The molecule has 0 aliphatic heterocycles. The summed E-state index contributed by atoms with van der Waals surface area (Å²) < 4.78 is 32.1. The molecule has 0 aliphatic rings. The van der Waals surface area contributed by atoms with E-state index in [2.05, 4.69) is 0 Å². The van der Waals surface area contributed by atoms with Gasteiger partial charge in [-0.05, 0) is 56.4 Å². The molecule has 0 radical (unpaired) electrons.